The molecule has 0 aromatic carbocycles. The first-order chi connectivity index (χ1) is 7.74. The van der Waals surface area contributed by atoms with Crippen LogP contribution in [-0.2, 0) is 11.3 Å². The van der Waals surface area contributed by atoms with E-state index in [1.807, 2.05) is 0 Å². The molecule has 6 nitrogen and oxygen atoms in total. The van der Waals surface area contributed by atoms with Crippen molar-refractivity contribution >= 4 is 5.69 Å². The number of aliphatic hydroxyl groups excluding tert-OH is 1. The molecule has 0 bridgehead atoms. The lowest BCUT2D eigenvalue weighted by atomic mass is 10.3. The molecule has 90 valence electrons. The minimum absolute atomic E-state index is 0.419. The molecule has 1 atom stereocenters. The zero-order valence-electron chi connectivity index (χ0n) is 9.25. The fourth-order valence-corrected chi connectivity index (χ4v) is 1.83. The molecule has 1 fully saturated rings. The lowest BCUT2D eigenvalue weighted by molar-refractivity contribution is 0.0108. The van der Waals surface area contributed by atoms with Gasteiger partial charge in [0.2, 0.25) is 0 Å². The summed E-state index contributed by atoms with van der Waals surface area (Å²) in [6.45, 7) is 4.41. The molecule has 1 aromatic heterocycles. The van der Waals surface area contributed by atoms with Crippen molar-refractivity contribution in [2.24, 2.45) is 0 Å². The predicted molar refractivity (Wildman–Crippen MR) is 59.9 cm³/mol. The summed E-state index contributed by atoms with van der Waals surface area (Å²) in [5, 5.41) is 13.9. The smallest absolute Gasteiger partial charge is 0.0862 e. The number of β-amino-alcohol motifs (C(OH)–C–C–N with tert-alkyl or cyclic N) is 1. The molecule has 1 saturated heterocycles. The second-order valence-electron chi connectivity index (χ2n) is 4.06. The molecule has 1 aliphatic rings. The highest BCUT2D eigenvalue weighted by atomic mass is 16.5. The highest BCUT2D eigenvalue weighted by molar-refractivity contribution is 5.30. The molecule has 1 aromatic rings. The van der Waals surface area contributed by atoms with E-state index in [2.05, 4.69) is 10.00 Å². The molecule has 6 heteroatoms. The fourth-order valence-electron chi connectivity index (χ4n) is 1.83. The van der Waals surface area contributed by atoms with Gasteiger partial charge in [0, 0.05) is 25.8 Å². The normalized spacial score (nSPS) is 19.8. The third kappa shape index (κ3) is 3.19. The van der Waals surface area contributed by atoms with Crippen molar-refractivity contribution in [2.45, 2.75) is 12.6 Å². The molecule has 3 N–H and O–H groups in total. The number of nitrogens with two attached hydrogens (primary N) is 1. The van der Waals surface area contributed by atoms with Gasteiger partial charge in [0.15, 0.2) is 0 Å². The molecule has 0 saturated carbocycles. The van der Waals surface area contributed by atoms with Gasteiger partial charge in [-0.2, -0.15) is 5.10 Å². The number of nitrogen functional groups attached to an aromatic ring is 1. The monoisotopic (exact) mass is 226 g/mol. The van der Waals surface area contributed by atoms with Crippen molar-refractivity contribution in [1.82, 2.24) is 14.7 Å². The standard InChI is InChI=1S/C10H18N4O2/c11-9-5-12-14(6-9)8-10(15)7-13-1-3-16-4-2-13/h5-6,10,15H,1-4,7-8,11H2. The van der Waals surface area contributed by atoms with Crippen molar-refractivity contribution in [1.29, 1.82) is 0 Å². The van der Waals surface area contributed by atoms with Crippen molar-refractivity contribution in [2.75, 3.05) is 38.6 Å². The fraction of sp³-hybridized carbons (Fsp3) is 0.700. The molecule has 0 spiro atoms. The second kappa shape index (κ2) is 5.29. The van der Waals surface area contributed by atoms with Crippen molar-refractivity contribution < 1.29 is 9.84 Å². The summed E-state index contributed by atoms with van der Waals surface area (Å²) in [4.78, 5) is 2.20. The third-order valence-corrected chi connectivity index (χ3v) is 2.62. The van der Waals surface area contributed by atoms with Gasteiger partial charge in [-0.15, -0.1) is 0 Å². The summed E-state index contributed by atoms with van der Waals surface area (Å²) in [5.41, 5.74) is 6.17. The number of nitrogens with zero attached hydrogens (tertiary/aromatic N) is 3. The van der Waals surface area contributed by atoms with E-state index in [0.717, 1.165) is 26.3 Å². The summed E-state index contributed by atoms with van der Waals surface area (Å²) < 4.78 is 6.91. The maximum Gasteiger partial charge on any atom is 0.0862 e. The number of rotatable bonds is 4. The van der Waals surface area contributed by atoms with Gasteiger partial charge in [-0.25, -0.2) is 0 Å². The maximum atomic E-state index is 9.88. The van der Waals surface area contributed by atoms with Gasteiger partial charge in [-0.1, -0.05) is 0 Å². The van der Waals surface area contributed by atoms with Crippen molar-refractivity contribution in [3.8, 4) is 0 Å². The first-order valence-electron chi connectivity index (χ1n) is 5.50. The Morgan fingerprint density at radius 1 is 1.44 bits per heavy atom. The van der Waals surface area contributed by atoms with E-state index in [1.165, 1.54) is 0 Å². The summed E-state index contributed by atoms with van der Waals surface area (Å²) in [6.07, 6.45) is 2.89. The third-order valence-electron chi connectivity index (χ3n) is 2.62. The zero-order chi connectivity index (χ0) is 11.4. The Kier molecular flexibility index (Phi) is 3.76. The number of ether oxygens (including phenoxy) is 1. The van der Waals surface area contributed by atoms with Crippen LogP contribution in [0.4, 0.5) is 5.69 Å². The minimum atomic E-state index is -0.419. The zero-order valence-corrected chi connectivity index (χ0v) is 9.25. The summed E-state index contributed by atoms with van der Waals surface area (Å²) in [5.74, 6) is 0. The van der Waals surface area contributed by atoms with Gasteiger partial charge < -0.3 is 15.6 Å². The van der Waals surface area contributed by atoms with Gasteiger partial charge in [-0.3, -0.25) is 9.58 Å². The first kappa shape index (κ1) is 11.4. The minimum Gasteiger partial charge on any atom is -0.396 e. The molecule has 1 unspecified atom stereocenters. The average molecular weight is 226 g/mol. The van der Waals surface area contributed by atoms with Gasteiger partial charge in [-0.05, 0) is 0 Å². The first-order valence-corrected chi connectivity index (χ1v) is 5.50. The Morgan fingerprint density at radius 2 is 2.19 bits per heavy atom. The molecular formula is C10H18N4O2. The maximum absolute atomic E-state index is 9.88. The van der Waals surface area contributed by atoms with Crippen LogP contribution in [0.3, 0.4) is 0 Å². The van der Waals surface area contributed by atoms with E-state index in [4.69, 9.17) is 10.5 Å². The van der Waals surface area contributed by atoms with E-state index >= 15 is 0 Å². The SMILES string of the molecule is Nc1cnn(CC(O)CN2CCOCC2)c1. The van der Waals surface area contributed by atoms with Gasteiger partial charge in [0.25, 0.3) is 0 Å². The number of anilines is 1. The highest BCUT2D eigenvalue weighted by Gasteiger charge is 2.15. The number of hydrogen-bond donors (Lipinski definition) is 2. The van der Waals surface area contributed by atoms with Crippen LogP contribution in [0.15, 0.2) is 12.4 Å². The number of aliphatic hydroxyl groups is 1. The Labute approximate surface area is 94.6 Å². The molecule has 16 heavy (non-hydrogen) atoms. The van der Waals surface area contributed by atoms with Gasteiger partial charge in [0.05, 0.1) is 37.7 Å². The topological polar surface area (TPSA) is 76.5 Å². The van der Waals surface area contributed by atoms with E-state index in [-0.39, 0.29) is 0 Å². The van der Waals surface area contributed by atoms with Crippen molar-refractivity contribution in [3.05, 3.63) is 12.4 Å². The van der Waals surface area contributed by atoms with Gasteiger partial charge in [0.1, 0.15) is 0 Å². The Hall–Kier alpha value is -1.11. The lowest BCUT2D eigenvalue weighted by Gasteiger charge is -2.28. The van der Waals surface area contributed by atoms with E-state index in [9.17, 15) is 5.11 Å². The second-order valence-corrected chi connectivity index (χ2v) is 4.06. The summed E-state index contributed by atoms with van der Waals surface area (Å²) in [6, 6.07) is 0. The molecule has 2 rings (SSSR count). The molecule has 2 heterocycles. The van der Waals surface area contributed by atoms with Crippen LogP contribution >= 0.6 is 0 Å². The van der Waals surface area contributed by atoms with E-state index in [1.54, 1.807) is 17.1 Å². The van der Waals surface area contributed by atoms with Crippen LogP contribution < -0.4 is 5.73 Å². The van der Waals surface area contributed by atoms with Crippen LogP contribution in [0.2, 0.25) is 0 Å². The number of hydrogen-bond acceptors (Lipinski definition) is 5. The van der Waals surface area contributed by atoms with Crippen LogP contribution in [0.25, 0.3) is 0 Å². The van der Waals surface area contributed by atoms with Crippen LogP contribution in [-0.4, -0.2) is 58.7 Å². The summed E-state index contributed by atoms with van der Waals surface area (Å²) >= 11 is 0. The van der Waals surface area contributed by atoms with E-state index in [0.29, 0.717) is 18.8 Å². The quantitative estimate of drug-likeness (QED) is 0.700. The molecule has 0 radical (unpaired) electrons. The number of morpholine rings is 1. The van der Waals surface area contributed by atoms with Crippen LogP contribution in [0, 0.1) is 0 Å². The Balaban J connectivity index is 1.77. The molecular weight excluding hydrogens is 208 g/mol. The predicted octanol–water partition coefficient (Wildman–Crippen LogP) is -0.842. The largest absolute Gasteiger partial charge is 0.396 e. The Morgan fingerprint density at radius 3 is 2.81 bits per heavy atom. The molecule has 0 aliphatic carbocycles. The lowest BCUT2D eigenvalue weighted by Crippen LogP contribution is -2.42. The average Bonchev–Trinajstić information content (AvgIpc) is 2.65. The number of aromatic nitrogens is 2. The molecule has 0 amide bonds. The molecule has 1 aliphatic heterocycles. The van der Waals surface area contributed by atoms with Crippen LogP contribution in [0.1, 0.15) is 0 Å². The van der Waals surface area contributed by atoms with Crippen LogP contribution in [0.5, 0.6) is 0 Å². The Bertz CT molecular complexity index is 322. The summed E-state index contributed by atoms with van der Waals surface area (Å²) in [7, 11) is 0. The van der Waals surface area contributed by atoms with Crippen molar-refractivity contribution in [3.63, 3.8) is 0 Å². The van der Waals surface area contributed by atoms with E-state index < -0.39 is 6.10 Å². The highest BCUT2D eigenvalue weighted by Crippen LogP contribution is 2.02. The van der Waals surface area contributed by atoms with Gasteiger partial charge >= 0.3 is 0 Å².